The van der Waals surface area contributed by atoms with Crippen LogP contribution in [0.25, 0.3) is 11.1 Å². The third kappa shape index (κ3) is 4.63. The van der Waals surface area contributed by atoms with Crippen molar-refractivity contribution >= 4 is 17.5 Å². The summed E-state index contributed by atoms with van der Waals surface area (Å²) in [6, 6.07) is 14.8. The number of nitrogens with zero attached hydrogens (tertiary/aromatic N) is 2. The highest BCUT2D eigenvalue weighted by Gasteiger charge is 2.38. The Bertz CT molecular complexity index is 909. The Morgan fingerprint density at radius 3 is 2.59 bits per heavy atom. The smallest absolute Gasteiger partial charge is 0.254 e. The summed E-state index contributed by atoms with van der Waals surface area (Å²) in [5, 5.41) is 15.5. The van der Waals surface area contributed by atoms with Gasteiger partial charge in [-0.1, -0.05) is 41.6 Å². The minimum absolute atomic E-state index is 0.138. The van der Waals surface area contributed by atoms with Crippen LogP contribution >= 0.6 is 0 Å². The molecule has 1 aliphatic rings. The minimum Gasteiger partial charge on any atom is -0.399 e. The van der Waals surface area contributed by atoms with Gasteiger partial charge in [-0.3, -0.25) is 9.59 Å². The molecule has 0 aromatic heterocycles. The van der Waals surface area contributed by atoms with Gasteiger partial charge in [-0.05, 0) is 35.7 Å². The number of benzene rings is 2. The highest BCUT2D eigenvalue weighted by molar-refractivity contribution is 6.05. The van der Waals surface area contributed by atoms with Crippen LogP contribution in [0.4, 0.5) is 0 Å². The van der Waals surface area contributed by atoms with Crippen LogP contribution in [0.5, 0.6) is 0 Å². The minimum atomic E-state index is -0.681. The van der Waals surface area contributed by atoms with Crippen LogP contribution in [0, 0.1) is 6.92 Å². The fourth-order valence-corrected chi connectivity index (χ4v) is 3.50. The number of carbonyl (C=O) groups is 2. The molecule has 152 valence electrons. The number of hydrogen-bond acceptors (Lipinski definition) is 5. The zero-order valence-electron chi connectivity index (χ0n) is 16.6. The molecule has 1 fully saturated rings. The van der Waals surface area contributed by atoms with E-state index in [1.165, 1.54) is 12.0 Å². The number of oxime groups is 1. The van der Waals surface area contributed by atoms with E-state index in [1.807, 2.05) is 43.3 Å². The van der Waals surface area contributed by atoms with Crippen molar-refractivity contribution in [3.63, 3.8) is 0 Å². The fourth-order valence-electron chi connectivity index (χ4n) is 3.50. The summed E-state index contributed by atoms with van der Waals surface area (Å²) < 4.78 is 0. The predicted molar refractivity (Wildman–Crippen MR) is 111 cm³/mol. The Balaban J connectivity index is 1.82. The van der Waals surface area contributed by atoms with Crippen LogP contribution in [0.3, 0.4) is 0 Å². The fraction of sp³-hybridized carbons (Fsp3) is 0.318. The van der Waals surface area contributed by atoms with Crippen molar-refractivity contribution in [3.8, 4) is 11.1 Å². The van der Waals surface area contributed by atoms with E-state index in [9.17, 15) is 9.59 Å². The molecule has 1 heterocycles. The summed E-state index contributed by atoms with van der Waals surface area (Å²) in [4.78, 5) is 31.9. The molecule has 2 amide bonds. The molecule has 1 saturated heterocycles. The molecule has 7 heteroatoms. The second-order valence-electron chi connectivity index (χ2n) is 6.90. The van der Waals surface area contributed by atoms with E-state index < -0.39 is 6.04 Å². The number of rotatable bonds is 6. The molecule has 2 aromatic rings. The number of nitrogens with one attached hydrogen (secondary N) is 1. The number of amides is 2. The second-order valence-corrected chi connectivity index (χ2v) is 6.90. The molecule has 1 atom stereocenters. The van der Waals surface area contributed by atoms with Crippen LogP contribution in [-0.2, 0) is 9.63 Å². The number of aryl methyl sites for hydroxylation is 1. The first-order valence-electron chi connectivity index (χ1n) is 9.49. The van der Waals surface area contributed by atoms with E-state index in [0.717, 1.165) is 16.7 Å². The second kappa shape index (κ2) is 9.34. The quantitative estimate of drug-likeness (QED) is 0.732. The van der Waals surface area contributed by atoms with Crippen molar-refractivity contribution < 1.29 is 19.5 Å². The normalized spacial score (nSPS) is 17.4. The van der Waals surface area contributed by atoms with Gasteiger partial charge in [0, 0.05) is 18.5 Å². The van der Waals surface area contributed by atoms with Gasteiger partial charge in [0.15, 0.2) is 0 Å². The zero-order chi connectivity index (χ0) is 20.8. The molecule has 29 heavy (non-hydrogen) atoms. The topological polar surface area (TPSA) is 91.2 Å². The van der Waals surface area contributed by atoms with E-state index in [0.29, 0.717) is 17.7 Å². The molecule has 1 aliphatic heterocycles. The number of aliphatic hydroxyl groups excluding tert-OH is 1. The lowest BCUT2D eigenvalue weighted by Gasteiger charge is -2.23. The molecular weight excluding hydrogens is 370 g/mol. The molecule has 2 N–H and O–H groups in total. The third-order valence-corrected chi connectivity index (χ3v) is 4.94. The van der Waals surface area contributed by atoms with E-state index in [4.69, 9.17) is 9.94 Å². The van der Waals surface area contributed by atoms with E-state index >= 15 is 0 Å². The molecular formula is C22H25N3O4. The molecule has 0 bridgehead atoms. The van der Waals surface area contributed by atoms with Gasteiger partial charge in [-0.15, -0.1) is 0 Å². The van der Waals surface area contributed by atoms with Gasteiger partial charge >= 0.3 is 0 Å². The highest BCUT2D eigenvalue weighted by atomic mass is 16.6. The number of carbonyl (C=O) groups excluding carboxylic acids is 2. The lowest BCUT2D eigenvalue weighted by molar-refractivity contribution is -0.124. The van der Waals surface area contributed by atoms with Gasteiger partial charge in [0.1, 0.15) is 13.2 Å². The van der Waals surface area contributed by atoms with Crippen molar-refractivity contribution in [1.29, 1.82) is 0 Å². The van der Waals surface area contributed by atoms with Crippen molar-refractivity contribution in [1.82, 2.24) is 10.2 Å². The monoisotopic (exact) mass is 395 g/mol. The van der Waals surface area contributed by atoms with Crippen LogP contribution in [-0.4, -0.2) is 60.4 Å². The van der Waals surface area contributed by atoms with Crippen molar-refractivity contribution in [2.24, 2.45) is 5.16 Å². The maximum absolute atomic E-state index is 13.1. The van der Waals surface area contributed by atoms with Crippen LogP contribution in [0.2, 0.25) is 0 Å². The first-order valence-corrected chi connectivity index (χ1v) is 9.49. The van der Waals surface area contributed by atoms with Gasteiger partial charge < -0.3 is 20.2 Å². The molecule has 3 rings (SSSR count). The van der Waals surface area contributed by atoms with Gasteiger partial charge in [-0.2, -0.15) is 0 Å². The van der Waals surface area contributed by atoms with Crippen molar-refractivity contribution in [2.45, 2.75) is 19.4 Å². The summed E-state index contributed by atoms with van der Waals surface area (Å²) in [6.45, 7) is 2.25. The largest absolute Gasteiger partial charge is 0.399 e. The van der Waals surface area contributed by atoms with Gasteiger partial charge in [0.05, 0.1) is 18.9 Å². The van der Waals surface area contributed by atoms with Crippen molar-refractivity contribution in [3.05, 3.63) is 59.7 Å². The molecule has 7 nitrogen and oxygen atoms in total. The highest BCUT2D eigenvalue weighted by Crippen LogP contribution is 2.25. The molecule has 0 saturated carbocycles. The summed E-state index contributed by atoms with van der Waals surface area (Å²) in [5.41, 5.74) is 4.43. The maximum atomic E-state index is 13.1. The summed E-state index contributed by atoms with van der Waals surface area (Å²) in [7, 11) is 1.43. The van der Waals surface area contributed by atoms with Gasteiger partial charge in [0.2, 0.25) is 5.91 Å². The first kappa shape index (κ1) is 20.5. The van der Waals surface area contributed by atoms with Crippen molar-refractivity contribution in [2.75, 3.05) is 26.8 Å². The standard InChI is InChI=1S/C22H25N3O4/c1-15-5-3-4-6-19(15)16-7-9-17(10-8-16)22(28)25-14-18(24-29-2)13-20(25)21(27)23-11-12-26/h3-10,20,26H,11-14H2,1-2H3,(H,23,27)/b24-18-/t20-/m0/s1. The zero-order valence-corrected chi connectivity index (χ0v) is 16.6. The number of aliphatic hydroxyl groups is 1. The Morgan fingerprint density at radius 1 is 1.21 bits per heavy atom. The number of hydrogen-bond donors (Lipinski definition) is 2. The summed E-state index contributed by atoms with van der Waals surface area (Å²) in [6.07, 6.45) is 0.304. The Hall–Kier alpha value is -3.19. The SMILES string of the molecule is CO/N=C1/C[C@@H](C(=O)NCCO)N(C(=O)c2ccc(-c3ccccc3C)cc2)C1. The lowest BCUT2D eigenvalue weighted by atomic mass is 9.99. The van der Waals surface area contributed by atoms with Crippen LogP contribution in [0.15, 0.2) is 53.7 Å². The van der Waals surface area contributed by atoms with Gasteiger partial charge in [0.25, 0.3) is 5.91 Å². The van der Waals surface area contributed by atoms with E-state index in [1.54, 1.807) is 12.1 Å². The van der Waals surface area contributed by atoms with Gasteiger partial charge in [-0.25, -0.2) is 0 Å². The van der Waals surface area contributed by atoms with E-state index in [-0.39, 0.29) is 31.5 Å². The molecule has 2 aromatic carbocycles. The Morgan fingerprint density at radius 2 is 1.93 bits per heavy atom. The molecule has 0 spiro atoms. The summed E-state index contributed by atoms with van der Waals surface area (Å²) in [5.74, 6) is -0.558. The molecule has 0 unspecified atom stereocenters. The lowest BCUT2D eigenvalue weighted by Crippen LogP contribution is -2.46. The average molecular weight is 395 g/mol. The predicted octanol–water partition coefficient (Wildman–Crippen LogP) is 1.99. The first-order chi connectivity index (χ1) is 14.0. The third-order valence-electron chi connectivity index (χ3n) is 4.94. The van der Waals surface area contributed by atoms with Crippen LogP contribution < -0.4 is 5.32 Å². The Labute approximate surface area is 170 Å². The van der Waals surface area contributed by atoms with E-state index in [2.05, 4.69) is 10.5 Å². The summed E-state index contributed by atoms with van der Waals surface area (Å²) >= 11 is 0. The average Bonchev–Trinajstić information content (AvgIpc) is 3.16. The maximum Gasteiger partial charge on any atom is 0.254 e. The molecule has 0 aliphatic carbocycles. The molecule has 0 radical (unpaired) electrons. The van der Waals surface area contributed by atoms with Crippen LogP contribution in [0.1, 0.15) is 22.3 Å². The number of likely N-dealkylation sites (tertiary alicyclic amines) is 1. The Kier molecular flexibility index (Phi) is 6.61.